The van der Waals surface area contributed by atoms with E-state index in [-0.39, 0.29) is 0 Å². The molecule has 2 aromatic carbocycles. The fourth-order valence-electron chi connectivity index (χ4n) is 1.54. The van der Waals surface area contributed by atoms with Gasteiger partial charge in [0.2, 0.25) is 0 Å². The highest BCUT2D eigenvalue weighted by Crippen LogP contribution is 2.23. The molecule has 0 aliphatic carbocycles. The molecule has 2 N–H and O–H groups in total. The van der Waals surface area contributed by atoms with Crippen molar-refractivity contribution >= 4 is 35.2 Å². The fraction of sp³-hybridized carbons (Fsp3) is 0. The molecule has 0 saturated heterocycles. The predicted molar refractivity (Wildman–Crippen MR) is 74.4 cm³/mol. The molecular formula is C12H10BIO2. The van der Waals surface area contributed by atoms with Gasteiger partial charge in [-0.15, -0.1) is 0 Å². The Morgan fingerprint density at radius 1 is 0.938 bits per heavy atom. The van der Waals surface area contributed by atoms with Crippen molar-refractivity contribution in [3.05, 3.63) is 52.1 Å². The van der Waals surface area contributed by atoms with E-state index in [0.29, 0.717) is 5.46 Å². The predicted octanol–water partition coefficient (Wildman–Crippen LogP) is 1.64. The van der Waals surface area contributed by atoms with Gasteiger partial charge in [0.15, 0.2) is 0 Å². The van der Waals surface area contributed by atoms with E-state index < -0.39 is 7.12 Å². The smallest absolute Gasteiger partial charge is 0.423 e. The number of benzene rings is 2. The second kappa shape index (κ2) is 4.99. The Labute approximate surface area is 108 Å². The Balaban J connectivity index is 2.52. The van der Waals surface area contributed by atoms with E-state index in [1.54, 1.807) is 6.07 Å². The van der Waals surface area contributed by atoms with Crippen LogP contribution in [0.4, 0.5) is 0 Å². The van der Waals surface area contributed by atoms with Gasteiger partial charge in [-0.05, 0) is 45.2 Å². The summed E-state index contributed by atoms with van der Waals surface area (Å²) in [6.45, 7) is 0. The molecule has 2 rings (SSSR count). The zero-order valence-electron chi connectivity index (χ0n) is 8.47. The number of hydrogen-bond acceptors (Lipinski definition) is 2. The Hall–Kier alpha value is -0.845. The Morgan fingerprint density at radius 3 is 2.25 bits per heavy atom. The molecule has 0 atom stereocenters. The van der Waals surface area contributed by atoms with Crippen molar-refractivity contribution in [2.45, 2.75) is 0 Å². The quantitative estimate of drug-likeness (QED) is 0.651. The maximum absolute atomic E-state index is 9.14. The first kappa shape index (κ1) is 11.6. The van der Waals surface area contributed by atoms with Crippen molar-refractivity contribution in [2.24, 2.45) is 0 Å². The highest BCUT2D eigenvalue weighted by Gasteiger charge is 2.13. The van der Waals surface area contributed by atoms with Crippen molar-refractivity contribution in [3.8, 4) is 11.1 Å². The van der Waals surface area contributed by atoms with Crippen LogP contribution in [-0.2, 0) is 0 Å². The molecule has 0 bridgehead atoms. The number of halogens is 1. The SMILES string of the molecule is OB(O)c1ccc(I)c(-c2ccccc2)c1. The van der Waals surface area contributed by atoms with Crippen LogP contribution in [0.5, 0.6) is 0 Å². The molecule has 4 heteroatoms. The summed E-state index contributed by atoms with van der Waals surface area (Å²) in [6, 6.07) is 15.3. The maximum atomic E-state index is 9.14. The second-order valence-electron chi connectivity index (χ2n) is 3.48. The minimum Gasteiger partial charge on any atom is -0.423 e. The summed E-state index contributed by atoms with van der Waals surface area (Å²) in [4.78, 5) is 0. The van der Waals surface area contributed by atoms with E-state index in [9.17, 15) is 0 Å². The molecule has 0 fully saturated rings. The average Bonchev–Trinajstić information content (AvgIpc) is 2.30. The molecule has 0 spiro atoms. The summed E-state index contributed by atoms with van der Waals surface area (Å²) in [6.07, 6.45) is 0. The first-order valence-electron chi connectivity index (χ1n) is 4.89. The van der Waals surface area contributed by atoms with Gasteiger partial charge in [0, 0.05) is 3.57 Å². The topological polar surface area (TPSA) is 40.5 Å². The van der Waals surface area contributed by atoms with E-state index in [2.05, 4.69) is 22.6 Å². The monoisotopic (exact) mass is 324 g/mol. The van der Waals surface area contributed by atoms with Crippen LogP contribution in [0, 0.1) is 3.57 Å². The molecule has 0 saturated carbocycles. The van der Waals surface area contributed by atoms with Gasteiger partial charge in [-0.3, -0.25) is 0 Å². The highest BCUT2D eigenvalue weighted by molar-refractivity contribution is 14.1. The summed E-state index contributed by atoms with van der Waals surface area (Å²) in [5.41, 5.74) is 2.61. The molecule has 2 nitrogen and oxygen atoms in total. The summed E-state index contributed by atoms with van der Waals surface area (Å²) < 4.78 is 1.09. The van der Waals surface area contributed by atoms with Gasteiger partial charge in [-0.2, -0.15) is 0 Å². The first-order chi connectivity index (χ1) is 7.68. The number of hydrogen-bond donors (Lipinski definition) is 2. The van der Waals surface area contributed by atoms with Crippen LogP contribution < -0.4 is 5.46 Å². The van der Waals surface area contributed by atoms with E-state index in [4.69, 9.17) is 10.0 Å². The van der Waals surface area contributed by atoms with Crippen molar-refractivity contribution in [3.63, 3.8) is 0 Å². The maximum Gasteiger partial charge on any atom is 0.488 e. The van der Waals surface area contributed by atoms with Gasteiger partial charge in [0.1, 0.15) is 0 Å². The minimum absolute atomic E-state index is 0.513. The van der Waals surface area contributed by atoms with Gasteiger partial charge in [-0.25, -0.2) is 0 Å². The van der Waals surface area contributed by atoms with Crippen LogP contribution in [0.15, 0.2) is 48.5 Å². The van der Waals surface area contributed by atoms with E-state index in [1.165, 1.54) is 0 Å². The Kier molecular flexibility index (Phi) is 3.63. The third kappa shape index (κ3) is 2.45. The third-order valence-electron chi connectivity index (χ3n) is 2.37. The molecule has 0 aliphatic rings. The van der Waals surface area contributed by atoms with Gasteiger partial charge in [0.05, 0.1) is 0 Å². The molecule has 0 unspecified atom stereocenters. The Morgan fingerprint density at radius 2 is 1.62 bits per heavy atom. The summed E-state index contributed by atoms with van der Waals surface area (Å²) in [5.74, 6) is 0. The molecule has 0 radical (unpaired) electrons. The largest absolute Gasteiger partial charge is 0.488 e. The molecule has 0 aromatic heterocycles. The fourth-order valence-corrected chi connectivity index (χ4v) is 2.19. The lowest BCUT2D eigenvalue weighted by Crippen LogP contribution is -2.29. The molecule has 0 amide bonds. The summed E-state index contributed by atoms with van der Waals surface area (Å²) in [7, 11) is -1.42. The van der Waals surface area contributed by atoms with E-state index in [0.717, 1.165) is 14.7 Å². The van der Waals surface area contributed by atoms with Crippen LogP contribution in [0.1, 0.15) is 0 Å². The van der Waals surface area contributed by atoms with Crippen LogP contribution in [0.25, 0.3) is 11.1 Å². The number of rotatable bonds is 2. The minimum atomic E-state index is -1.42. The summed E-state index contributed by atoms with van der Waals surface area (Å²) in [5, 5.41) is 18.3. The molecule has 2 aromatic rings. The lowest BCUT2D eigenvalue weighted by molar-refractivity contribution is 0.426. The van der Waals surface area contributed by atoms with Crippen molar-refractivity contribution in [2.75, 3.05) is 0 Å². The van der Waals surface area contributed by atoms with Crippen molar-refractivity contribution < 1.29 is 10.0 Å². The zero-order chi connectivity index (χ0) is 11.5. The van der Waals surface area contributed by atoms with Gasteiger partial charge in [0.25, 0.3) is 0 Å². The second-order valence-corrected chi connectivity index (χ2v) is 4.64. The molecular weight excluding hydrogens is 314 g/mol. The Bertz CT molecular complexity index is 486. The summed E-state index contributed by atoms with van der Waals surface area (Å²) >= 11 is 2.24. The van der Waals surface area contributed by atoms with Crippen LogP contribution in [0.2, 0.25) is 0 Å². The normalized spacial score (nSPS) is 10.2. The van der Waals surface area contributed by atoms with Crippen molar-refractivity contribution in [1.82, 2.24) is 0 Å². The van der Waals surface area contributed by atoms with Crippen LogP contribution in [0.3, 0.4) is 0 Å². The molecule has 16 heavy (non-hydrogen) atoms. The van der Waals surface area contributed by atoms with E-state index in [1.807, 2.05) is 42.5 Å². The van der Waals surface area contributed by atoms with Gasteiger partial charge < -0.3 is 10.0 Å². The van der Waals surface area contributed by atoms with Gasteiger partial charge >= 0.3 is 7.12 Å². The average molecular weight is 324 g/mol. The van der Waals surface area contributed by atoms with Crippen LogP contribution >= 0.6 is 22.6 Å². The molecule has 0 aliphatic heterocycles. The lowest BCUT2D eigenvalue weighted by Gasteiger charge is -2.07. The highest BCUT2D eigenvalue weighted by atomic mass is 127. The molecule has 80 valence electrons. The standard InChI is InChI=1S/C12H10BIO2/c14-12-7-6-10(13(15)16)8-11(12)9-4-2-1-3-5-9/h1-8,15-16H. The zero-order valence-corrected chi connectivity index (χ0v) is 10.6. The van der Waals surface area contributed by atoms with Gasteiger partial charge in [-0.1, -0.05) is 42.5 Å². The lowest BCUT2D eigenvalue weighted by atomic mass is 9.79. The van der Waals surface area contributed by atoms with E-state index >= 15 is 0 Å². The third-order valence-corrected chi connectivity index (χ3v) is 3.31. The molecule has 0 heterocycles. The van der Waals surface area contributed by atoms with Crippen molar-refractivity contribution in [1.29, 1.82) is 0 Å². The van der Waals surface area contributed by atoms with Crippen LogP contribution in [-0.4, -0.2) is 17.2 Å². The first-order valence-corrected chi connectivity index (χ1v) is 5.97.